The van der Waals surface area contributed by atoms with Gasteiger partial charge in [-0.05, 0) is 44.4 Å². The Morgan fingerprint density at radius 1 is 1.11 bits per heavy atom. The van der Waals surface area contributed by atoms with Gasteiger partial charge >= 0.3 is 0 Å². The normalized spacial score (nSPS) is 18.4. The van der Waals surface area contributed by atoms with Crippen molar-refractivity contribution in [3.63, 3.8) is 0 Å². The summed E-state index contributed by atoms with van der Waals surface area (Å²) in [5.74, 6) is 0.712. The molecule has 8 nitrogen and oxygen atoms in total. The lowest BCUT2D eigenvalue weighted by Gasteiger charge is -2.35. The molecule has 2 aliphatic rings. The van der Waals surface area contributed by atoms with Crippen molar-refractivity contribution in [1.29, 1.82) is 0 Å². The molecule has 1 aliphatic heterocycles. The molecule has 0 N–H and O–H groups in total. The van der Waals surface area contributed by atoms with Crippen LogP contribution in [0, 0.1) is 6.92 Å². The van der Waals surface area contributed by atoms with E-state index >= 15 is 0 Å². The number of aromatic nitrogens is 4. The van der Waals surface area contributed by atoms with E-state index in [0.717, 1.165) is 67.9 Å². The molecular formula is C20H24N6O2. The highest BCUT2D eigenvalue weighted by Crippen LogP contribution is 2.31. The predicted molar refractivity (Wildman–Crippen MR) is 104 cm³/mol. The number of fused-ring (bicyclic) bond motifs is 1. The lowest BCUT2D eigenvalue weighted by molar-refractivity contribution is 0.116. The lowest BCUT2D eigenvalue weighted by Crippen LogP contribution is -2.46. The van der Waals surface area contributed by atoms with E-state index in [1.807, 2.05) is 6.92 Å². The number of piperazine rings is 1. The summed E-state index contributed by atoms with van der Waals surface area (Å²) in [7, 11) is 0. The summed E-state index contributed by atoms with van der Waals surface area (Å²) < 4.78 is 10.9. The average Bonchev–Trinajstić information content (AvgIpc) is 3.09. The van der Waals surface area contributed by atoms with Crippen molar-refractivity contribution >= 4 is 16.6 Å². The molecule has 28 heavy (non-hydrogen) atoms. The zero-order valence-electron chi connectivity index (χ0n) is 16.0. The van der Waals surface area contributed by atoms with Gasteiger partial charge in [-0.1, -0.05) is 10.3 Å². The van der Waals surface area contributed by atoms with Crippen LogP contribution in [0.2, 0.25) is 0 Å². The van der Waals surface area contributed by atoms with Crippen molar-refractivity contribution in [3.05, 3.63) is 35.9 Å². The first-order valence-corrected chi connectivity index (χ1v) is 9.93. The molecule has 0 unspecified atom stereocenters. The van der Waals surface area contributed by atoms with Crippen molar-refractivity contribution < 1.29 is 9.37 Å². The quantitative estimate of drug-likeness (QED) is 0.668. The highest BCUT2D eigenvalue weighted by atomic mass is 16.6. The minimum Gasteiger partial charge on any atom is -0.474 e. The fraction of sp³-hybridized carbons (Fsp3) is 0.500. The maximum atomic E-state index is 6.09. The molecule has 1 aliphatic carbocycles. The van der Waals surface area contributed by atoms with Crippen LogP contribution in [-0.2, 0) is 6.54 Å². The Morgan fingerprint density at radius 2 is 1.96 bits per heavy atom. The molecule has 1 saturated heterocycles. The summed E-state index contributed by atoms with van der Waals surface area (Å²) >= 11 is 0. The Bertz CT molecular complexity index is 962. The van der Waals surface area contributed by atoms with Gasteiger partial charge in [0.25, 0.3) is 0 Å². The Hall–Kier alpha value is -2.74. The van der Waals surface area contributed by atoms with E-state index in [2.05, 4.69) is 48.3 Å². The van der Waals surface area contributed by atoms with Crippen LogP contribution in [0.3, 0.4) is 0 Å². The Balaban J connectivity index is 1.29. The van der Waals surface area contributed by atoms with Gasteiger partial charge in [0.1, 0.15) is 23.8 Å². The molecular weight excluding hydrogens is 356 g/mol. The van der Waals surface area contributed by atoms with Gasteiger partial charge in [-0.25, -0.2) is 14.6 Å². The molecule has 146 valence electrons. The molecule has 3 aromatic rings. The molecule has 0 radical (unpaired) electrons. The molecule has 0 amide bonds. The van der Waals surface area contributed by atoms with Gasteiger partial charge in [-0.2, -0.15) is 0 Å². The van der Waals surface area contributed by atoms with Crippen molar-refractivity contribution in [2.75, 3.05) is 31.1 Å². The number of hydrogen-bond donors (Lipinski definition) is 0. The molecule has 0 bridgehead atoms. The van der Waals surface area contributed by atoms with Crippen LogP contribution in [0.5, 0.6) is 5.88 Å². The van der Waals surface area contributed by atoms with E-state index in [0.29, 0.717) is 12.0 Å². The molecule has 2 fully saturated rings. The van der Waals surface area contributed by atoms with Gasteiger partial charge in [0.2, 0.25) is 5.88 Å². The number of ether oxygens (including phenoxy) is 1. The maximum absolute atomic E-state index is 6.09. The van der Waals surface area contributed by atoms with Gasteiger partial charge in [0, 0.05) is 38.4 Å². The van der Waals surface area contributed by atoms with Gasteiger partial charge in [0.15, 0.2) is 0 Å². The first-order valence-electron chi connectivity index (χ1n) is 9.93. The summed E-state index contributed by atoms with van der Waals surface area (Å²) in [5, 5.41) is 8.86. The zero-order valence-corrected chi connectivity index (χ0v) is 16.0. The van der Waals surface area contributed by atoms with E-state index in [4.69, 9.17) is 9.37 Å². The second-order valence-electron chi connectivity index (χ2n) is 7.61. The monoisotopic (exact) mass is 380 g/mol. The Labute approximate surface area is 163 Å². The summed E-state index contributed by atoms with van der Waals surface area (Å²) in [5.41, 5.74) is 3.92. The topological polar surface area (TPSA) is 80.4 Å². The van der Waals surface area contributed by atoms with Crippen LogP contribution in [0.1, 0.15) is 30.7 Å². The number of benzene rings is 1. The number of aryl methyl sites for hydroxylation is 1. The maximum Gasteiger partial charge on any atom is 0.224 e. The first kappa shape index (κ1) is 17.4. The van der Waals surface area contributed by atoms with Crippen molar-refractivity contribution in [1.82, 2.24) is 25.2 Å². The van der Waals surface area contributed by atoms with E-state index in [9.17, 15) is 0 Å². The third-order valence-corrected chi connectivity index (χ3v) is 5.77. The smallest absolute Gasteiger partial charge is 0.224 e. The van der Waals surface area contributed by atoms with E-state index in [1.54, 1.807) is 6.33 Å². The molecule has 2 aromatic heterocycles. The third-order valence-electron chi connectivity index (χ3n) is 5.77. The van der Waals surface area contributed by atoms with Gasteiger partial charge in [0.05, 0.1) is 10.9 Å². The van der Waals surface area contributed by atoms with Crippen LogP contribution < -0.4 is 9.64 Å². The summed E-state index contributed by atoms with van der Waals surface area (Å²) in [4.78, 5) is 13.6. The third kappa shape index (κ3) is 3.40. The molecule has 3 heterocycles. The number of hydrogen-bond acceptors (Lipinski definition) is 8. The Morgan fingerprint density at radius 3 is 2.68 bits per heavy atom. The van der Waals surface area contributed by atoms with E-state index < -0.39 is 0 Å². The Kier molecular flexibility index (Phi) is 4.56. The molecule has 0 spiro atoms. The molecule has 0 atom stereocenters. The fourth-order valence-corrected chi connectivity index (χ4v) is 3.73. The molecule has 5 rings (SSSR count). The summed E-state index contributed by atoms with van der Waals surface area (Å²) in [6.07, 6.45) is 5.38. The lowest BCUT2D eigenvalue weighted by atomic mass is 9.96. The second-order valence-corrected chi connectivity index (χ2v) is 7.61. The number of rotatable bonds is 5. The standard InChI is InChI=1S/C20H24N6O2/c1-14-19(24-28-23-14)12-25-7-9-26(10-8-25)15-5-6-18-17(11-15)20(22-13-21-18)27-16-3-2-4-16/h5-6,11,13,16H,2-4,7-10,12H2,1H3. The van der Waals surface area contributed by atoms with Crippen LogP contribution in [-0.4, -0.2) is 57.5 Å². The summed E-state index contributed by atoms with van der Waals surface area (Å²) in [6, 6.07) is 6.38. The fourth-order valence-electron chi connectivity index (χ4n) is 3.73. The SMILES string of the molecule is Cc1nonc1CN1CCN(c2ccc3ncnc(OC4CCC4)c3c2)CC1. The van der Waals surface area contributed by atoms with Crippen molar-refractivity contribution in [3.8, 4) is 5.88 Å². The second kappa shape index (κ2) is 7.35. The minimum atomic E-state index is 0.305. The number of anilines is 1. The molecule has 1 aromatic carbocycles. The van der Waals surface area contributed by atoms with Crippen molar-refractivity contribution in [2.45, 2.75) is 38.8 Å². The van der Waals surface area contributed by atoms with Crippen LogP contribution in [0.4, 0.5) is 5.69 Å². The van der Waals surface area contributed by atoms with Crippen LogP contribution >= 0.6 is 0 Å². The zero-order chi connectivity index (χ0) is 18.9. The largest absolute Gasteiger partial charge is 0.474 e. The number of nitrogens with zero attached hydrogens (tertiary/aromatic N) is 6. The van der Waals surface area contributed by atoms with Crippen LogP contribution in [0.15, 0.2) is 29.2 Å². The van der Waals surface area contributed by atoms with Gasteiger partial charge < -0.3 is 9.64 Å². The minimum absolute atomic E-state index is 0.305. The highest BCUT2D eigenvalue weighted by molar-refractivity contribution is 5.86. The molecule has 8 heteroatoms. The predicted octanol–water partition coefficient (Wildman–Crippen LogP) is 2.57. The summed E-state index contributed by atoms with van der Waals surface area (Å²) in [6.45, 7) is 6.59. The van der Waals surface area contributed by atoms with Crippen molar-refractivity contribution in [2.24, 2.45) is 0 Å². The van der Waals surface area contributed by atoms with Crippen LogP contribution in [0.25, 0.3) is 10.9 Å². The van der Waals surface area contributed by atoms with Gasteiger partial charge in [-0.3, -0.25) is 4.90 Å². The molecule has 1 saturated carbocycles. The average molecular weight is 380 g/mol. The highest BCUT2D eigenvalue weighted by Gasteiger charge is 2.22. The van der Waals surface area contributed by atoms with E-state index in [1.165, 1.54) is 12.1 Å². The first-order chi connectivity index (χ1) is 13.8. The van der Waals surface area contributed by atoms with Gasteiger partial charge in [-0.15, -0.1) is 0 Å². The van der Waals surface area contributed by atoms with E-state index in [-0.39, 0.29) is 0 Å².